The number of aliphatic hydroxyl groups excluding tert-OH is 1. The van der Waals surface area contributed by atoms with Gasteiger partial charge < -0.3 is 5.11 Å². The lowest BCUT2D eigenvalue weighted by Gasteiger charge is -1.97. The van der Waals surface area contributed by atoms with Gasteiger partial charge in [0.25, 0.3) is 0 Å². The van der Waals surface area contributed by atoms with E-state index < -0.39 is 0 Å². The van der Waals surface area contributed by atoms with Gasteiger partial charge in [-0.3, -0.25) is 0 Å². The van der Waals surface area contributed by atoms with Gasteiger partial charge in [0.15, 0.2) is 0 Å². The topological polar surface area (TPSA) is 20.2 Å². The fourth-order valence-corrected chi connectivity index (χ4v) is 1.76. The van der Waals surface area contributed by atoms with E-state index in [0.29, 0.717) is 6.61 Å². The van der Waals surface area contributed by atoms with Crippen molar-refractivity contribution in [1.82, 2.24) is 0 Å². The summed E-state index contributed by atoms with van der Waals surface area (Å²) in [5.41, 5.74) is 2.85. The third-order valence-corrected chi connectivity index (χ3v) is 2.82. The number of rotatable bonds is 8. The largest absolute Gasteiger partial charge is 0.392 e. The lowest BCUT2D eigenvalue weighted by Crippen LogP contribution is -1.78. The Labute approximate surface area is 81.9 Å². The average Bonchev–Trinajstić information content (AvgIpc) is 2.90. The third-order valence-electron chi connectivity index (χ3n) is 2.82. The molecule has 0 spiro atoms. The highest BCUT2D eigenvalue weighted by Crippen LogP contribution is 2.34. The van der Waals surface area contributed by atoms with E-state index in [9.17, 15) is 0 Å². The molecule has 1 heteroatoms. The molecule has 0 radical (unpaired) electrons. The van der Waals surface area contributed by atoms with Crippen LogP contribution in [0, 0.1) is 0 Å². The van der Waals surface area contributed by atoms with Crippen molar-refractivity contribution in [2.75, 3.05) is 6.61 Å². The molecular formula is C12H22O. The maximum atomic E-state index is 8.79. The Morgan fingerprint density at radius 3 is 2.31 bits per heavy atom. The zero-order valence-corrected chi connectivity index (χ0v) is 8.81. The second-order valence-corrected chi connectivity index (χ2v) is 4.06. The lowest BCUT2D eigenvalue weighted by atomic mass is 10.1. The van der Waals surface area contributed by atoms with Crippen LogP contribution in [-0.2, 0) is 0 Å². The molecule has 0 bridgehead atoms. The maximum absolute atomic E-state index is 8.79. The third kappa shape index (κ3) is 4.47. The molecule has 0 unspecified atom stereocenters. The number of hydrogen-bond acceptors (Lipinski definition) is 1. The molecule has 0 saturated heterocycles. The molecule has 0 atom stereocenters. The molecule has 1 aliphatic carbocycles. The maximum Gasteiger partial charge on any atom is 0.0647 e. The highest BCUT2D eigenvalue weighted by molar-refractivity contribution is 5.34. The van der Waals surface area contributed by atoms with E-state index in [1.54, 1.807) is 0 Å². The predicted octanol–water partition coefficient (Wildman–Crippen LogP) is 3.43. The van der Waals surface area contributed by atoms with Gasteiger partial charge in [-0.05, 0) is 24.8 Å². The van der Waals surface area contributed by atoms with E-state index in [4.69, 9.17) is 5.11 Å². The van der Waals surface area contributed by atoms with Crippen LogP contribution in [0.2, 0.25) is 0 Å². The van der Waals surface area contributed by atoms with E-state index in [1.807, 2.05) is 0 Å². The van der Waals surface area contributed by atoms with Crippen LogP contribution in [0.1, 0.15) is 58.3 Å². The van der Waals surface area contributed by atoms with Gasteiger partial charge in [0, 0.05) is 0 Å². The minimum Gasteiger partial charge on any atom is -0.392 e. The van der Waals surface area contributed by atoms with Crippen molar-refractivity contribution in [3.05, 3.63) is 11.1 Å². The summed E-state index contributed by atoms with van der Waals surface area (Å²) in [5.74, 6) is 0. The van der Waals surface area contributed by atoms with Crippen molar-refractivity contribution < 1.29 is 5.11 Å². The second-order valence-electron chi connectivity index (χ2n) is 4.06. The minimum atomic E-state index is 0.311. The summed E-state index contributed by atoms with van der Waals surface area (Å²) >= 11 is 0. The molecule has 0 aromatic heterocycles. The second kappa shape index (κ2) is 6.20. The average molecular weight is 182 g/mol. The molecule has 0 amide bonds. The van der Waals surface area contributed by atoms with Crippen molar-refractivity contribution in [3.8, 4) is 0 Å². The van der Waals surface area contributed by atoms with Gasteiger partial charge in [-0.1, -0.05) is 44.6 Å². The van der Waals surface area contributed by atoms with Crippen LogP contribution in [0.15, 0.2) is 11.1 Å². The first kappa shape index (κ1) is 10.8. The van der Waals surface area contributed by atoms with Crippen LogP contribution < -0.4 is 0 Å². The first-order chi connectivity index (χ1) is 6.38. The Balaban J connectivity index is 1.83. The Hall–Kier alpha value is -0.300. The Morgan fingerprint density at radius 2 is 1.69 bits per heavy atom. The Bertz CT molecular complexity index is 170. The molecule has 0 aromatic carbocycles. The molecule has 1 rings (SSSR count). The summed E-state index contributed by atoms with van der Waals surface area (Å²) in [6.07, 6.45) is 10.6. The van der Waals surface area contributed by atoms with Gasteiger partial charge in [0.1, 0.15) is 0 Å². The zero-order valence-electron chi connectivity index (χ0n) is 8.81. The number of unbranched alkanes of at least 4 members (excludes halogenated alkanes) is 5. The summed E-state index contributed by atoms with van der Waals surface area (Å²) in [7, 11) is 0. The standard InChI is InChI=1S/C12H22O/c1-2-3-4-5-6-7-8-11-9-12(11)10-13/h13H,2-10H2,1H3. The molecule has 0 saturated carbocycles. The molecule has 0 heterocycles. The molecular weight excluding hydrogens is 160 g/mol. The van der Waals surface area contributed by atoms with Crippen LogP contribution in [0.25, 0.3) is 0 Å². The van der Waals surface area contributed by atoms with Crippen molar-refractivity contribution in [2.24, 2.45) is 0 Å². The van der Waals surface area contributed by atoms with Gasteiger partial charge in [-0.2, -0.15) is 0 Å². The molecule has 1 N–H and O–H groups in total. The predicted molar refractivity (Wildman–Crippen MR) is 56.7 cm³/mol. The Kier molecular flexibility index (Phi) is 5.14. The van der Waals surface area contributed by atoms with Gasteiger partial charge in [-0.15, -0.1) is 0 Å². The number of allylic oxidation sites excluding steroid dienone is 1. The van der Waals surface area contributed by atoms with Crippen molar-refractivity contribution >= 4 is 0 Å². The van der Waals surface area contributed by atoms with Crippen LogP contribution >= 0.6 is 0 Å². The smallest absolute Gasteiger partial charge is 0.0647 e. The van der Waals surface area contributed by atoms with E-state index in [2.05, 4.69) is 6.92 Å². The molecule has 1 nitrogen and oxygen atoms in total. The number of hydrogen-bond donors (Lipinski definition) is 1. The fraction of sp³-hybridized carbons (Fsp3) is 0.833. The first-order valence-electron chi connectivity index (χ1n) is 5.69. The van der Waals surface area contributed by atoms with Crippen LogP contribution in [0.4, 0.5) is 0 Å². The van der Waals surface area contributed by atoms with Crippen molar-refractivity contribution in [1.29, 1.82) is 0 Å². The molecule has 1 aliphatic rings. The quantitative estimate of drug-likeness (QED) is 0.450. The summed E-state index contributed by atoms with van der Waals surface area (Å²) in [6, 6.07) is 0. The monoisotopic (exact) mass is 182 g/mol. The van der Waals surface area contributed by atoms with Gasteiger partial charge >= 0.3 is 0 Å². The van der Waals surface area contributed by atoms with Crippen molar-refractivity contribution in [3.63, 3.8) is 0 Å². The first-order valence-corrected chi connectivity index (χ1v) is 5.69. The van der Waals surface area contributed by atoms with Gasteiger partial charge in [-0.25, -0.2) is 0 Å². The van der Waals surface area contributed by atoms with Gasteiger partial charge in [0.05, 0.1) is 6.61 Å². The summed E-state index contributed by atoms with van der Waals surface area (Å²) in [4.78, 5) is 0. The molecule has 0 aliphatic heterocycles. The van der Waals surface area contributed by atoms with E-state index in [-0.39, 0.29) is 0 Å². The van der Waals surface area contributed by atoms with Crippen LogP contribution in [-0.4, -0.2) is 11.7 Å². The van der Waals surface area contributed by atoms with E-state index >= 15 is 0 Å². The minimum absolute atomic E-state index is 0.311. The van der Waals surface area contributed by atoms with Gasteiger partial charge in [0.2, 0.25) is 0 Å². The van der Waals surface area contributed by atoms with E-state index in [1.165, 1.54) is 56.1 Å². The normalized spacial score (nSPS) is 15.2. The highest BCUT2D eigenvalue weighted by Gasteiger charge is 2.18. The molecule has 76 valence electrons. The summed E-state index contributed by atoms with van der Waals surface area (Å²) in [5, 5.41) is 8.79. The highest BCUT2D eigenvalue weighted by atomic mass is 16.3. The molecule has 0 aromatic rings. The zero-order chi connectivity index (χ0) is 9.52. The number of aliphatic hydroxyl groups is 1. The fourth-order valence-electron chi connectivity index (χ4n) is 1.76. The van der Waals surface area contributed by atoms with Crippen molar-refractivity contribution in [2.45, 2.75) is 58.3 Å². The molecule has 0 fully saturated rings. The Morgan fingerprint density at radius 1 is 1.00 bits per heavy atom. The molecule has 13 heavy (non-hydrogen) atoms. The van der Waals surface area contributed by atoms with Crippen LogP contribution in [0.5, 0.6) is 0 Å². The summed E-state index contributed by atoms with van der Waals surface area (Å²) in [6.45, 7) is 2.56. The SMILES string of the molecule is CCCCCCCCC1=C(CO)C1. The lowest BCUT2D eigenvalue weighted by molar-refractivity contribution is 0.335. The summed E-state index contributed by atoms with van der Waals surface area (Å²) < 4.78 is 0. The van der Waals surface area contributed by atoms with Crippen LogP contribution in [0.3, 0.4) is 0 Å². The van der Waals surface area contributed by atoms with E-state index in [0.717, 1.165) is 6.42 Å².